The van der Waals surface area contributed by atoms with Gasteiger partial charge in [-0.05, 0) is 42.0 Å². The molecule has 2 aromatic heterocycles. The van der Waals surface area contributed by atoms with Crippen LogP contribution in [0.2, 0.25) is 0 Å². The van der Waals surface area contributed by atoms with Gasteiger partial charge in [0.25, 0.3) is 0 Å². The van der Waals surface area contributed by atoms with E-state index in [1.165, 1.54) is 35.8 Å². The molecule has 0 fully saturated rings. The Labute approximate surface area is 196 Å². The van der Waals surface area contributed by atoms with Crippen molar-refractivity contribution in [3.63, 3.8) is 0 Å². The van der Waals surface area contributed by atoms with E-state index >= 15 is 0 Å². The lowest BCUT2D eigenvalue weighted by Crippen LogP contribution is -2.30. The van der Waals surface area contributed by atoms with Crippen LogP contribution in [0.5, 0.6) is 0 Å². The molecular weight excluding hydrogens is 466 g/mol. The van der Waals surface area contributed by atoms with E-state index in [9.17, 15) is 27.2 Å². The van der Waals surface area contributed by atoms with Crippen molar-refractivity contribution < 1.29 is 27.2 Å². The van der Waals surface area contributed by atoms with Crippen LogP contribution in [0.25, 0.3) is 22.5 Å². The van der Waals surface area contributed by atoms with Gasteiger partial charge in [0, 0.05) is 24.3 Å². The molecular formula is C24H17F4N5O2. The van der Waals surface area contributed by atoms with E-state index in [4.69, 9.17) is 0 Å². The van der Waals surface area contributed by atoms with Gasteiger partial charge in [-0.15, -0.1) is 0 Å². The van der Waals surface area contributed by atoms with Crippen LogP contribution in [0, 0.1) is 5.82 Å². The average molecular weight is 483 g/mol. The molecule has 0 aliphatic rings. The first kappa shape index (κ1) is 23.6. The normalized spacial score (nSPS) is 12.0. The second-order valence-corrected chi connectivity index (χ2v) is 7.29. The number of carbonyl (C=O) groups excluding carboxylic acids is 2. The number of benzene rings is 2. The number of halogens is 4. The average Bonchev–Trinajstić information content (AvgIpc) is 3.19. The molecule has 0 aliphatic heterocycles. The maximum Gasteiger partial charge on any atom is 0.471 e. The summed E-state index contributed by atoms with van der Waals surface area (Å²) in [4.78, 5) is 27.9. The van der Waals surface area contributed by atoms with Crippen molar-refractivity contribution in [1.82, 2.24) is 19.9 Å². The standard InChI is InChI=1S/C24H17F4N5O2/c1-29-20(34)13-17(14-5-3-2-4-6-14)18-11-12-19-30-22(31-23(35)24(26,27)28)21(33(19)32-18)15-7-9-16(25)10-8-15/h2-13H,1H3,(H,29,34)(H,31,35)/b17-13-. The Bertz CT molecular complexity index is 1430. The second kappa shape index (κ2) is 9.37. The van der Waals surface area contributed by atoms with Crippen LogP contribution in [-0.2, 0) is 9.59 Å². The zero-order valence-corrected chi connectivity index (χ0v) is 18.1. The number of hydrogen-bond acceptors (Lipinski definition) is 4. The minimum Gasteiger partial charge on any atom is -0.356 e. The van der Waals surface area contributed by atoms with Crippen LogP contribution in [-0.4, -0.2) is 39.6 Å². The number of anilines is 1. The third-order valence-electron chi connectivity index (χ3n) is 4.97. The van der Waals surface area contributed by atoms with Gasteiger partial charge in [0.15, 0.2) is 11.5 Å². The number of amides is 2. The first-order valence-corrected chi connectivity index (χ1v) is 10.2. The number of aromatic nitrogens is 3. The number of alkyl halides is 3. The number of fused-ring (bicyclic) bond motifs is 1. The van der Waals surface area contributed by atoms with Crippen LogP contribution in [0.3, 0.4) is 0 Å². The molecule has 2 aromatic carbocycles. The molecule has 0 radical (unpaired) electrons. The molecule has 2 heterocycles. The molecule has 0 bridgehead atoms. The molecule has 0 unspecified atom stereocenters. The van der Waals surface area contributed by atoms with Crippen molar-refractivity contribution in [2.24, 2.45) is 0 Å². The molecule has 2 N–H and O–H groups in total. The lowest BCUT2D eigenvalue weighted by molar-refractivity contribution is -0.167. The molecule has 0 saturated heterocycles. The Morgan fingerprint density at radius 2 is 1.66 bits per heavy atom. The Morgan fingerprint density at radius 3 is 2.29 bits per heavy atom. The quantitative estimate of drug-likeness (QED) is 0.329. The maximum absolute atomic E-state index is 13.5. The van der Waals surface area contributed by atoms with Gasteiger partial charge in [-0.1, -0.05) is 30.3 Å². The summed E-state index contributed by atoms with van der Waals surface area (Å²) in [6.45, 7) is 0. The predicted octanol–water partition coefficient (Wildman–Crippen LogP) is 4.21. The van der Waals surface area contributed by atoms with Gasteiger partial charge in [0.05, 0.1) is 5.69 Å². The van der Waals surface area contributed by atoms with E-state index in [1.54, 1.807) is 41.7 Å². The third-order valence-corrected chi connectivity index (χ3v) is 4.97. The molecule has 2 amide bonds. The van der Waals surface area contributed by atoms with Gasteiger partial charge >= 0.3 is 12.1 Å². The Hall–Kier alpha value is -4.54. The van der Waals surface area contributed by atoms with Gasteiger partial charge < -0.3 is 10.6 Å². The smallest absolute Gasteiger partial charge is 0.356 e. The van der Waals surface area contributed by atoms with Crippen molar-refractivity contribution in [3.05, 3.63) is 89.9 Å². The summed E-state index contributed by atoms with van der Waals surface area (Å²) in [7, 11) is 1.47. The molecule has 0 spiro atoms. The third kappa shape index (κ3) is 5.03. The van der Waals surface area contributed by atoms with Gasteiger partial charge in [0.2, 0.25) is 5.91 Å². The number of likely N-dealkylation sites (N-methyl/N-ethyl adjacent to an activating group) is 1. The van der Waals surface area contributed by atoms with Crippen molar-refractivity contribution in [1.29, 1.82) is 0 Å². The fourth-order valence-electron chi connectivity index (χ4n) is 3.34. The van der Waals surface area contributed by atoms with Crippen molar-refractivity contribution in [2.75, 3.05) is 12.4 Å². The summed E-state index contributed by atoms with van der Waals surface area (Å²) in [5.41, 5.74) is 1.80. The second-order valence-electron chi connectivity index (χ2n) is 7.29. The minimum absolute atomic E-state index is 0.00630. The van der Waals surface area contributed by atoms with Crippen molar-refractivity contribution in [3.8, 4) is 11.3 Å². The number of rotatable bonds is 5. The van der Waals surface area contributed by atoms with E-state index < -0.39 is 29.6 Å². The summed E-state index contributed by atoms with van der Waals surface area (Å²) in [5, 5.41) is 8.78. The highest BCUT2D eigenvalue weighted by atomic mass is 19.4. The van der Waals surface area contributed by atoms with Crippen LogP contribution in [0.4, 0.5) is 23.4 Å². The SMILES string of the molecule is CNC(=O)/C=C(/c1ccccc1)c1ccc2nc(NC(=O)C(F)(F)F)c(-c3ccc(F)cc3)n2n1. The molecule has 178 valence electrons. The van der Waals surface area contributed by atoms with Gasteiger partial charge in [-0.2, -0.15) is 18.3 Å². The molecule has 4 rings (SSSR count). The Balaban J connectivity index is 1.93. The molecule has 0 aliphatic carbocycles. The van der Waals surface area contributed by atoms with Crippen LogP contribution < -0.4 is 10.6 Å². The molecule has 0 atom stereocenters. The van der Waals surface area contributed by atoms with E-state index in [2.05, 4.69) is 15.4 Å². The van der Waals surface area contributed by atoms with Crippen LogP contribution >= 0.6 is 0 Å². The topological polar surface area (TPSA) is 88.4 Å². The highest BCUT2D eigenvalue weighted by Gasteiger charge is 2.39. The van der Waals surface area contributed by atoms with Crippen molar-refractivity contribution in [2.45, 2.75) is 6.18 Å². The maximum atomic E-state index is 13.5. The summed E-state index contributed by atoms with van der Waals surface area (Å²) in [5.74, 6) is -3.57. The number of hydrogen-bond donors (Lipinski definition) is 2. The predicted molar refractivity (Wildman–Crippen MR) is 121 cm³/mol. The molecule has 35 heavy (non-hydrogen) atoms. The Morgan fingerprint density at radius 1 is 0.971 bits per heavy atom. The van der Waals surface area contributed by atoms with Crippen molar-refractivity contribution >= 4 is 28.9 Å². The highest BCUT2D eigenvalue weighted by Crippen LogP contribution is 2.31. The summed E-state index contributed by atoms with van der Waals surface area (Å²) >= 11 is 0. The largest absolute Gasteiger partial charge is 0.471 e. The van der Waals surface area contributed by atoms with E-state index in [-0.39, 0.29) is 16.9 Å². The number of nitrogens with one attached hydrogen (secondary N) is 2. The van der Waals surface area contributed by atoms with Crippen LogP contribution in [0.15, 0.2) is 72.8 Å². The highest BCUT2D eigenvalue weighted by molar-refractivity contribution is 5.99. The summed E-state index contributed by atoms with van der Waals surface area (Å²) in [6.07, 6.45) is -3.81. The summed E-state index contributed by atoms with van der Waals surface area (Å²) < 4.78 is 53.6. The van der Waals surface area contributed by atoms with E-state index in [0.29, 0.717) is 16.8 Å². The zero-order chi connectivity index (χ0) is 25.2. The molecule has 11 heteroatoms. The van der Waals surface area contributed by atoms with Gasteiger partial charge in [-0.3, -0.25) is 9.59 Å². The first-order valence-electron chi connectivity index (χ1n) is 10.2. The molecule has 4 aromatic rings. The van der Waals surface area contributed by atoms with Crippen LogP contribution in [0.1, 0.15) is 11.3 Å². The fraction of sp³-hybridized carbons (Fsp3) is 0.0833. The van der Waals surface area contributed by atoms with E-state index in [0.717, 1.165) is 12.1 Å². The minimum atomic E-state index is -5.15. The first-order chi connectivity index (χ1) is 16.7. The number of nitrogens with zero attached hydrogens (tertiary/aromatic N) is 3. The zero-order valence-electron chi connectivity index (χ0n) is 18.1. The molecule has 7 nitrogen and oxygen atoms in total. The lowest BCUT2D eigenvalue weighted by atomic mass is 10.0. The van der Waals surface area contributed by atoms with Gasteiger partial charge in [-0.25, -0.2) is 13.9 Å². The number of carbonyl (C=O) groups is 2. The fourth-order valence-corrected chi connectivity index (χ4v) is 3.34. The van der Waals surface area contributed by atoms with Gasteiger partial charge in [0.1, 0.15) is 11.5 Å². The number of imidazole rings is 1. The monoisotopic (exact) mass is 483 g/mol. The van der Waals surface area contributed by atoms with E-state index in [1.807, 2.05) is 0 Å². The summed E-state index contributed by atoms with van der Waals surface area (Å²) in [6, 6.07) is 16.8. The Kier molecular flexibility index (Phi) is 6.32. The molecule has 0 saturated carbocycles. The lowest BCUT2D eigenvalue weighted by Gasteiger charge is -2.10.